The highest BCUT2D eigenvalue weighted by molar-refractivity contribution is 5.09. The summed E-state index contributed by atoms with van der Waals surface area (Å²) in [5.41, 5.74) is 0.348. The molecule has 1 unspecified atom stereocenters. The second-order valence-corrected chi connectivity index (χ2v) is 6.28. The van der Waals surface area contributed by atoms with E-state index in [0.717, 1.165) is 11.8 Å². The van der Waals surface area contributed by atoms with Gasteiger partial charge >= 0.3 is 0 Å². The smallest absolute Gasteiger partial charge is 0.100 e. The molecule has 92 valence electrons. The molecule has 0 aromatic rings. The first-order valence-electron chi connectivity index (χ1n) is 7.52. The molecule has 0 bridgehead atoms. The summed E-state index contributed by atoms with van der Waals surface area (Å²) in [7, 11) is 0. The van der Waals surface area contributed by atoms with Crippen LogP contribution in [0.25, 0.3) is 0 Å². The van der Waals surface area contributed by atoms with E-state index in [1.165, 1.54) is 64.2 Å². The highest BCUT2D eigenvalue weighted by atomic mass is 16.6. The maximum absolute atomic E-state index is 6.18. The largest absolute Gasteiger partial charge is 0.366 e. The second kappa shape index (κ2) is 4.33. The SMILES string of the molecule is CC1OC1(C1CCCCC1)C1CCCCC1. The Kier molecular flexibility index (Phi) is 2.99. The molecular formula is C15H26O. The van der Waals surface area contributed by atoms with Gasteiger partial charge in [-0.2, -0.15) is 0 Å². The van der Waals surface area contributed by atoms with Gasteiger partial charge < -0.3 is 4.74 Å². The summed E-state index contributed by atoms with van der Waals surface area (Å²) in [6.45, 7) is 2.32. The van der Waals surface area contributed by atoms with Crippen LogP contribution in [0.5, 0.6) is 0 Å². The Balaban J connectivity index is 1.71. The van der Waals surface area contributed by atoms with Crippen LogP contribution in [-0.2, 0) is 4.74 Å². The third-order valence-corrected chi connectivity index (χ3v) is 5.45. The van der Waals surface area contributed by atoms with Gasteiger partial charge in [0.05, 0.1) is 6.10 Å². The normalized spacial score (nSPS) is 36.2. The Morgan fingerprint density at radius 1 is 0.750 bits per heavy atom. The van der Waals surface area contributed by atoms with Crippen LogP contribution in [0.3, 0.4) is 0 Å². The Hall–Kier alpha value is -0.0400. The molecule has 0 amide bonds. The molecule has 16 heavy (non-hydrogen) atoms. The molecule has 0 spiro atoms. The van der Waals surface area contributed by atoms with Crippen LogP contribution in [0.4, 0.5) is 0 Å². The summed E-state index contributed by atoms with van der Waals surface area (Å²) in [6.07, 6.45) is 15.1. The lowest BCUT2D eigenvalue weighted by Gasteiger charge is -2.36. The first-order chi connectivity index (χ1) is 7.84. The molecular weight excluding hydrogens is 196 g/mol. The van der Waals surface area contributed by atoms with Crippen molar-refractivity contribution in [2.24, 2.45) is 11.8 Å². The van der Waals surface area contributed by atoms with Crippen molar-refractivity contribution in [2.45, 2.75) is 82.8 Å². The summed E-state index contributed by atoms with van der Waals surface area (Å²) in [6, 6.07) is 0. The third-order valence-electron chi connectivity index (χ3n) is 5.45. The predicted octanol–water partition coefficient (Wildman–Crippen LogP) is 4.30. The summed E-state index contributed by atoms with van der Waals surface area (Å²) < 4.78 is 6.18. The maximum Gasteiger partial charge on any atom is 0.100 e. The van der Waals surface area contributed by atoms with Crippen molar-refractivity contribution < 1.29 is 4.74 Å². The van der Waals surface area contributed by atoms with E-state index in [4.69, 9.17) is 4.74 Å². The lowest BCUT2D eigenvalue weighted by atomic mass is 9.68. The zero-order valence-corrected chi connectivity index (χ0v) is 10.7. The van der Waals surface area contributed by atoms with Crippen LogP contribution in [0.1, 0.15) is 71.1 Å². The molecule has 1 heterocycles. The van der Waals surface area contributed by atoms with Crippen LogP contribution < -0.4 is 0 Å². The van der Waals surface area contributed by atoms with Crippen LogP contribution in [0.15, 0.2) is 0 Å². The summed E-state index contributed by atoms with van der Waals surface area (Å²) in [4.78, 5) is 0. The average Bonchev–Trinajstić information content (AvgIpc) is 3.05. The van der Waals surface area contributed by atoms with Gasteiger partial charge in [-0.3, -0.25) is 0 Å². The molecule has 1 nitrogen and oxygen atoms in total. The zero-order valence-electron chi connectivity index (χ0n) is 10.7. The van der Waals surface area contributed by atoms with E-state index in [9.17, 15) is 0 Å². The molecule has 1 aliphatic heterocycles. The molecule has 0 aromatic carbocycles. The van der Waals surface area contributed by atoms with Crippen LogP contribution in [0, 0.1) is 11.8 Å². The lowest BCUT2D eigenvalue weighted by molar-refractivity contribution is 0.0906. The molecule has 0 radical (unpaired) electrons. The Bertz CT molecular complexity index is 218. The van der Waals surface area contributed by atoms with Crippen molar-refractivity contribution in [3.8, 4) is 0 Å². The van der Waals surface area contributed by atoms with Gasteiger partial charge in [-0.1, -0.05) is 38.5 Å². The zero-order chi connectivity index (χ0) is 11.0. The molecule has 0 N–H and O–H groups in total. The monoisotopic (exact) mass is 222 g/mol. The summed E-state index contributed by atoms with van der Waals surface area (Å²) >= 11 is 0. The predicted molar refractivity (Wildman–Crippen MR) is 66.4 cm³/mol. The number of rotatable bonds is 2. The maximum atomic E-state index is 6.18. The quantitative estimate of drug-likeness (QED) is 0.634. The minimum atomic E-state index is 0.348. The first-order valence-corrected chi connectivity index (χ1v) is 7.52. The minimum absolute atomic E-state index is 0.348. The Morgan fingerprint density at radius 2 is 1.12 bits per heavy atom. The van der Waals surface area contributed by atoms with E-state index in [2.05, 4.69) is 6.92 Å². The fourth-order valence-electron chi connectivity index (χ4n) is 4.57. The molecule has 1 heteroatoms. The fraction of sp³-hybridized carbons (Fsp3) is 1.00. The molecule has 2 aliphatic carbocycles. The van der Waals surface area contributed by atoms with Gasteiger partial charge in [0.25, 0.3) is 0 Å². The summed E-state index contributed by atoms with van der Waals surface area (Å²) in [5.74, 6) is 1.80. The number of hydrogen-bond acceptors (Lipinski definition) is 1. The molecule has 3 rings (SSSR count). The molecule has 2 saturated carbocycles. The lowest BCUT2D eigenvalue weighted by Crippen LogP contribution is -2.37. The van der Waals surface area contributed by atoms with Gasteiger partial charge in [0, 0.05) is 0 Å². The molecule has 1 atom stereocenters. The topological polar surface area (TPSA) is 12.5 Å². The molecule has 3 aliphatic rings. The molecule has 3 fully saturated rings. The first kappa shape index (κ1) is 11.1. The number of epoxide rings is 1. The van der Waals surface area contributed by atoms with Gasteiger partial charge in [-0.05, 0) is 44.4 Å². The third kappa shape index (κ3) is 1.72. The highest BCUT2D eigenvalue weighted by Gasteiger charge is 2.62. The van der Waals surface area contributed by atoms with Crippen molar-refractivity contribution in [3.05, 3.63) is 0 Å². The van der Waals surface area contributed by atoms with E-state index in [0.29, 0.717) is 11.7 Å². The van der Waals surface area contributed by atoms with Crippen molar-refractivity contribution >= 4 is 0 Å². The average molecular weight is 222 g/mol. The summed E-state index contributed by atoms with van der Waals surface area (Å²) in [5, 5.41) is 0. The standard InChI is InChI=1S/C15H26O/c1-12-15(16-12,13-8-4-2-5-9-13)14-10-6-3-7-11-14/h12-14H,2-11H2,1H3. The molecule has 1 saturated heterocycles. The Labute approximate surface area is 99.9 Å². The minimum Gasteiger partial charge on any atom is -0.366 e. The van der Waals surface area contributed by atoms with Crippen LogP contribution >= 0.6 is 0 Å². The van der Waals surface area contributed by atoms with Crippen LogP contribution in [-0.4, -0.2) is 11.7 Å². The van der Waals surface area contributed by atoms with Crippen molar-refractivity contribution in [3.63, 3.8) is 0 Å². The van der Waals surface area contributed by atoms with Crippen molar-refractivity contribution in [1.82, 2.24) is 0 Å². The van der Waals surface area contributed by atoms with Gasteiger partial charge in [0.2, 0.25) is 0 Å². The van der Waals surface area contributed by atoms with E-state index < -0.39 is 0 Å². The van der Waals surface area contributed by atoms with Gasteiger partial charge in [0.15, 0.2) is 0 Å². The van der Waals surface area contributed by atoms with Gasteiger partial charge in [0.1, 0.15) is 5.60 Å². The number of hydrogen-bond donors (Lipinski definition) is 0. The second-order valence-electron chi connectivity index (χ2n) is 6.28. The van der Waals surface area contributed by atoms with Gasteiger partial charge in [-0.25, -0.2) is 0 Å². The van der Waals surface area contributed by atoms with Crippen molar-refractivity contribution in [2.75, 3.05) is 0 Å². The van der Waals surface area contributed by atoms with Crippen LogP contribution in [0.2, 0.25) is 0 Å². The molecule has 0 aromatic heterocycles. The Morgan fingerprint density at radius 3 is 1.44 bits per heavy atom. The van der Waals surface area contributed by atoms with Crippen molar-refractivity contribution in [1.29, 1.82) is 0 Å². The highest BCUT2D eigenvalue weighted by Crippen LogP contribution is 2.56. The van der Waals surface area contributed by atoms with E-state index in [1.54, 1.807) is 0 Å². The van der Waals surface area contributed by atoms with E-state index >= 15 is 0 Å². The van der Waals surface area contributed by atoms with Gasteiger partial charge in [-0.15, -0.1) is 0 Å². The van der Waals surface area contributed by atoms with E-state index in [1.807, 2.05) is 0 Å². The van der Waals surface area contributed by atoms with E-state index in [-0.39, 0.29) is 0 Å². The number of ether oxygens (including phenoxy) is 1. The fourth-order valence-corrected chi connectivity index (χ4v) is 4.57.